The first-order valence-electron chi connectivity index (χ1n) is 7.92. The number of likely N-dealkylation sites (tertiary alicyclic amines) is 2. The van der Waals surface area contributed by atoms with Crippen molar-refractivity contribution in [2.75, 3.05) is 26.2 Å². The molecule has 1 unspecified atom stereocenters. The Morgan fingerprint density at radius 1 is 1.25 bits per heavy atom. The van der Waals surface area contributed by atoms with E-state index in [1.807, 2.05) is 17.2 Å². The molecule has 2 aliphatic heterocycles. The van der Waals surface area contributed by atoms with Crippen molar-refractivity contribution in [3.05, 3.63) is 24.0 Å². The van der Waals surface area contributed by atoms with Gasteiger partial charge in [0.25, 0.3) is 5.91 Å². The van der Waals surface area contributed by atoms with Gasteiger partial charge in [0, 0.05) is 31.5 Å². The summed E-state index contributed by atoms with van der Waals surface area (Å²) in [6.45, 7) is 6.73. The molecule has 1 N–H and O–H groups in total. The van der Waals surface area contributed by atoms with Crippen LogP contribution >= 0.6 is 0 Å². The number of nitrogens with zero attached hydrogens (tertiary/aromatic N) is 2. The van der Waals surface area contributed by atoms with Crippen LogP contribution in [0.2, 0.25) is 0 Å². The third kappa shape index (κ3) is 2.75. The lowest BCUT2D eigenvalue weighted by molar-refractivity contribution is 0.0624. The molecule has 0 radical (unpaired) electrons. The summed E-state index contributed by atoms with van der Waals surface area (Å²) < 4.78 is 0. The highest BCUT2D eigenvalue weighted by atomic mass is 16.2. The molecule has 0 aromatic carbocycles. The SMILES string of the molecule is CC(C1CCN(C(=O)c2cc[nH]c2)CC1)N1CCCC1. The molecule has 4 nitrogen and oxygen atoms in total. The fourth-order valence-electron chi connectivity index (χ4n) is 3.67. The lowest BCUT2D eigenvalue weighted by Crippen LogP contribution is -2.44. The average Bonchev–Trinajstić information content (AvgIpc) is 3.18. The molecule has 1 aromatic heterocycles. The molecule has 0 spiro atoms. The topological polar surface area (TPSA) is 39.3 Å². The number of nitrogens with one attached hydrogen (secondary N) is 1. The van der Waals surface area contributed by atoms with Crippen LogP contribution in [0.15, 0.2) is 18.5 Å². The van der Waals surface area contributed by atoms with Gasteiger partial charge in [-0.15, -0.1) is 0 Å². The summed E-state index contributed by atoms with van der Waals surface area (Å²) in [6.07, 6.45) is 8.61. The van der Waals surface area contributed by atoms with Gasteiger partial charge in [0.15, 0.2) is 0 Å². The van der Waals surface area contributed by atoms with Crippen molar-refractivity contribution in [3.63, 3.8) is 0 Å². The largest absolute Gasteiger partial charge is 0.367 e. The van der Waals surface area contributed by atoms with E-state index in [0.29, 0.717) is 6.04 Å². The molecule has 2 aliphatic rings. The van der Waals surface area contributed by atoms with Gasteiger partial charge in [0.05, 0.1) is 5.56 Å². The zero-order valence-electron chi connectivity index (χ0n) is 12.3. The number of hydrogen-bond acceptors (Lipinski definition) is 2. The molecule has 0 aliphatic carbocycles. The molecule has 1 amide bonds. The zero-order chi connectivity index (χ0) is 13.9. The van der Waals surface area contributed by atoms with Gasteiger partial charge in [-0.25, -0.2) is 0 Å². The van der Waals surface area contributed by atoms with Crippen molar-refractivity contribution in [1.29, 1.82) is 0 Å². The fraction of sp³-hybridized carbons (Fsp3) is 0.688. The lowest BCUT2D eigenvalue weighted by atomic mass is 9.89. The maximum atomic E-state index is 12.3. The van der Waals surface area contributed by atoms with Gasteiger partial charge in [-0.3, -0.25) is 4.79 Å². The molecule has 2 fully saturated rings. The van der Waals surface area contributed by atoms with Crippen LogP contribution in [0.5, 0.6) is 0 Å². The van der Waals surface area contributed by atoms with E-state index in [4.69, 9.17) is 0 Å². The number of aromatic nitrogens is 1. The summed E-state index contributed by atoms with van der Waals surface area (Å²) in [5, 5.41) is 0. The van der Waals surface area contributed by atoms with Gasteiger partial charge >= 0.3 is 0 Å². The maximum absolute atomic E-state index is 12.3. The minimum atomic E-state index is 0.179. The molecule has 110 valence electrons. The Labute approximate surface area is 121 Å². The van der Waals surface area contributed by atoms with Crippen molar-refractivity contribution >= 4 is 5.91 Å². The van der Waals surface area contributed by atoms with E-state index in [1.54, 1.807) is 6.20 Å². The van der Waals surface area contributed by atoms with Crippen molar-refractivity contribution in [2.45, 2.75) is 38.6 Å². The first kappa shape index (κ1) is 13.7. The van der Waals surface area contributed by atoms with E-state index in [-0.39, 0.29) is 5.91 Å². The van der Waals surface area contributed by atoms with Gasteiger partial charge in [0.1, 0.15) is 0 Å². The number of carbonyl (C=O) groups is 1. The predicted molar refractivity (Wildman–Crippen MR) is 79.7 cm³/mol. The Hall–Kier alpha value is -1.29. The highest BCUT2D eigenvalue weighted by Crippen LogP contribution is 2.27. The van der Waals surface area contributed by atoms with Crippen LogP contribution in [0.3, 0.4) is 0 Å². The van der Waals surface area contributed by atoms with E-state index in [0.717, 1.165) is 37.4 Å². The van der Waals surface area contributed by atoms with Crippen molar-refractivity contribution in [2.24, 2.45) is 5.92 Å². The first-order chi connectivity index (χ1) is 9.75. The van der Waals surface area contributed by atoms with Crippen LogP contribution in [0.4, 0.5) is 0 Å². The molecule has 0 saturated carbocycles. The van der Waals surface area contributed by atoms with Crippen LogP contribution < -0.4 is 0 Å². The Morgan fingerprint density at radius 3 is 2.55 bits per heavy atom. The number of aromatic amines is 1. The Bertz CT molecular complexity index is 429. The lowest BCUT2D eigenvalue weighted by Gasteiger charge is -2.38. The first-order valence-corrected chi connectivity index (χ1v) is 7.92. The highest BCUT2D eigenvalue weighted by Gasteiger charge is 2.30. The van der Waals surface area contributed by atoms with E-state index in [9.17, 15) is 4.79 Å². The number of rotatable bonds is 3. The number of hydrogen-bond donors (Lipinski definition) is 1. The molecule has 20 heavy (non-hydrogen) atoms. The highest BCUT2D eigenvalue weighted by molar-refractivity contribution is 5.94. The summed E-state index contributed by atoms with van der Waals surface area (Å²) in [7, 11) is 0. The second-order valence-electron chi connectivity index (χ2n) is 6.21. The fourth-order valence-corrected chi connectivity index (χ4v) is 3.67. The Balaban J connectivity index is 1.53. The second-order valence-corrected chi connectivity index (χ2v) is 6.21. The van der Waals surface area contributed by atoms with Gasteiger partial charge in [0.2, 0.25) is 0 Å². The minimum absolute atomic E-state index is 0.179. The van der Waals surface area contributed by atoms with Crippen LogP contribution in [0.25, 0.3) is 0 Å². The summed E-state index contributed by atoms with van der Waals surface area (Å²) in [5.74, 6) is 0.932. The normalized spacial score (nSPS) is 23.1. The number of H-pyrrole nitrogens is 1. The van der Waals surface area contributed by atoms with Crippen molar-refractivity contribution in [1.82, 2.24) is 14.8 Å². The van der Waals surface area contributed by atoms with E-state index in [1.165, 1.54) is 25.9 Å². The molecule has 0 bridgehead atoms. The second kappa shape index (κ2) is 6.00. The van der Waals surface area contributed by atoms with Crippen LogP contribution in [0, 0.1) is 5.92 Å². The molecular formula is C16H25N3O. The maximum Gasteiger partial charge on any atom is 0.255 e. The van der Waals surface area contributed by atoms with E-state index >= 15 is 0 Å². The summed E-state index contributed by atoms with van der Waals surface area (Å²) in [4.78, 5) is 19.9. The molecule has 4 heteroatoms. The average molecular weight is 275 g/mol. The zero-order valence-corrected chi connectivity index (χ0v) is 12.3. The van der Waals surface area contributed by atoms with Crippen molar-refractivity contribution in [3.8, 4) is 0 Å². The van der Waals surface area contributed by atoms with Crippen LogP contribution in [-0.4, -0.2) is 52.9 Å². The molecule has 1 aromatic rings. The quantitative estimate of drug-likeness (QED) is 0.919. The molecule has 3 heterocycles. The smallest absolute Gasteiger partial charge is 0.255 e. The molecular weight excluding hydrogens is 250 g/mol. The number of amides is 1. The monoisotopic (exact) mass is 275 g/mol. The van der Waals surface area contributed by atoms with Crippen LogP contribution in [0.1, 0.15) is 43.0 Å². The minimum Gasteiger partial charge on any atom is -0.367 e. The van der Waals surface area contributed by atoms with Gasteiger partial charge < -0.3 is 14.8 Å². The van der Waals surface area contributed by atoms with Gasteiger partial charge in [-0.05, 0) is 57.7 Å². The van der Waals surface area contributed by atoms with Crippen molar-refractivity contribution < 1.29 is 4.79 Å². The Kier molecular flexibility index (Phi) is 4.10. The van der Waals surface area contributed by atoms with Gasteiger partial charge in [-0.1, -0.05) is 0 Å². The van der Waals surface area contributed by atoms with E-state index < -0.39 is 0 Å². The number of carbonyl (C=O) groups excluding carboxylic acids is 1. The summed E-state index contributed by atoms with van der Waals surface area (Å²) in [5.41, 5.74) is 0.788. The molecule has 1 atom stereocenters. The Morgan fingerprint density at radius 2 is 1.95 bits per heavy atom. The van der Waals surface area contributed by atoms with E-state index in [2.05, 4.69) is 16.8 Å². The number of piperidine rings is 1. The van der Waals surface area contributed by atoms with Crippen LogP contribution in [-0.2, 0) is 0 Å². The third-order valence-electron chi connectivity index (χ3n) is 5.07. The molecule has 3 rings (SSSR count). The molecule has 2 saturated heterocycles. The third-order valence-corrected chi connectivity index (χ3v) is 5.07. The summed E-state index contributed by atoms with van der Waals surface area (Å²) in [6, 6.07) is 2.54. The van der Waals surface area contributed by atoms with Gasteiger partial charge in [-0.2, -0.15) is 0 Å². The standard InChI is InChI=1S/C16H25N3O/c1-13(18-8-2-3-9-18)14-5-10-19(11-6-14)16(20)15-4-7-17-12-15/h4,7,12-14,17H,2-3,5-6,8-11H2,1H3. The summed E-state index contributed by atoms with van der Waals surface area (Å²) >= 11 is 0. The predicted octanol–water partition coefficient (Wildman–Crippen LogP) is 2.35.